The van der Waals surface area contributed by atoms with Crippen molar-refractivity contribution in [3.05, 3.63) is 33.8 Å². The number of nitrogens with one attached hydrogen (secondary N) is 1. The molecule has 3 rings (SSSR count). The number of benzene rings is 1. The Bertz CT molecular complexity index is 405. The lowest BCUT2D eigenvalue weighted by molar-refractivity contribution is 0.445. The SMILES string of the molecule is Clc1ccc(C23CCNCC2C3)cc1Cl. The van der Waals surface area contributed by atoms with Crippen molar-refractivity contribution in [2.24, 2.45) is 5.92 Å². The molecule has 3 heteroatoms. The zero-order valence-corrected chi connectivity index (χ0v) is 9.91. The van der Waals surface area contributed by atoms with Gasteiger partial charge in [0.05, 0.1) is 10.0 Å². The number of fused-ring (bicyclic) bond motifs is 1. The van der Waals surface area contributed by atoms with E-state index in [1.54, 1.807) is 0 Å². The average Bonchev–Trinajstić information content (AvgIpc) is 2.97. The predicted octanol–water partition coefficient (Wildman–Crippen LogP) is 3.24. The van der Waals surface area contributed by atoms with Gasteiger partial charge in [-0.05, 0) is 49.5 Å². The minimum Gasteiger partial charge on any atom is -0.316 e. The van der Waals surface area contributed by atoms with Gasteiger partial charge in [0.1, 0.15) is 0 Å². The van der Waals surface area contributed by atoms with E-state index in [1.165, 1.54) is 18.4 Å². The highest BCUT2D eigenvalue weighted by Crippen LogP contribution is 2.58. The van der Waals surface area contributed by atoms with Crippen LogP contribution < -0.4 is 5.32 Å². The monoisotopic (exact) mass is 241 g/mol. The smallest absolute Gasteiger partial charge is 0.0595 e. The molecule has 1 aliphatic heterocycles. The topological polar surface area (TPSA) is 12.0 Å². The van der Waals surface area contributed by atoms with Crippen LogP contribution in [0.2, 0.25) is 10.0 Å². The summed E-state index contributed by atoms with van der Waals surface area (Å²) in [6.45, 7) is 2.27. The number of piperidine rings is 1. The van der Waals surface area contributed by atoms with Crippen LogP contribution in [0, 0.1) is 5.92 Å². The lowest BCUT2D eigenvalue weighted by atomic mass is 9.88. The van der Waals surface area contributed by atoms with Crippen molar-refractivity contribution in [3.63, 3.8) is 0 Å². The van der Waals surface area contributed by atoms with E-state index in [0.29, 0.717) is 15.5 Å². The molecule has 0 amide bonds. The zero-order valence-electron chi connectivity index (χ0n) is 8.39. The van der Waals surface area contributed by atoms with Gasteiger partial charge in [0.15, 0.2) is 0 Å². The van der Waals surface area contributed by atoms with E-state index in [0.717, 1.165) is 19.0 Å². The molecule has 1 saturated carbocycles. The molecule has 2 aliphatic rings. The van der Waals surface area contributed by atoms with E-state index in [4.69, 9.17) is 23.2 Å². The summed E-state index contributed by atoms with van der Waals surface area (Å²) in [6.07, 6.45) is 2.54. The molecule has 1 aromatic carbocycles. The summed E-state index contributed by atoms with van der Waals surface area (Å²) in [5, 5.41) is 4.78. The molecule has 1 aliphatic carbocycles. The van der Waals surface area contributed by atoms with Crippen molar-refractivity contribution in [2.45, 2.75) is 18.3 Å². The molecule has 80 valence electrons. The number of halogens is 2. The predicted molar refractivity (Wildman–Crippen MR) is 63.7 cm³/mol. The van der Waals surface area contributed by atoms with E-state index in [9.17, 15) is 0 Å². The van der Waals surface area contributed by atoms with Crippen molar-refractivity contribution in [2.75, 3.05) is 13.1 Å². The van der Waals surface area contributed by atoms with Crippen LogP contribution in [0.15, 0.2) is 18.2 Å². The molecule has 2 fully saturated rings. The van der Waals surface area contributed by atoms with E-state index in [-0.39, 0.29) is 0 Å². The summed E-state index contributed by atoms with van der Waals surface area (Å²) in [5.41, 5.74) is 1.79. The van der Waals surface area contributed by atoms with Gasteiger partial charge in [-0.3, -0.25) is 0 Å². The first-order chi connectivity index (χ1) is 7.22. The van der Waals surface area contributed by atoms with Crippen LogP contribution in [0.5, 0.6) is 0 Å². The Kier molecular flexibility index (Phi) is 2.24. The number of hydrogen-bond donors (Lipinski definition) is 1. The first kappa shape index (κ1) is 9.95. The molecule has 15 heavy (non-hydrogen) atoms. The summed E-state index contributed by atoms with van der Waals surface area (Å²) in [6, 6.07) is 6.11. The first-order valence-corrected chi connectivity index (χ1v) is 6.14. The molecule has 1 saturated heterocycles. The van der Waals surface area contributed by atoms with E-state index in [2.05, 4.69) is 17.4 Å². The van der Waals surface area contributed by atoms with Gasteiger partial charge in [-0.2, -0.15) is 0 Å². The highest BCUT2D eigenvalue weighted by molar-refractivity contribution is 6.42. The van der Waals surface area contributed by atoms with Gasteiger partial charge in [-0.1, -0.05) is 29.3 Å². The Balaban J connectivity index is 1.96. The van der Waals surface area contributed by atoms with Crippen LogP contribution in [0.1, 0.15) is 18.4 Å². The lowest BCUT2D eigenvalue weighted by Gasteiger charge is -2.23. The zero-order chi connectivity index (χ0) is 10.5. The fourth-order valence-corrected chi connectivity index (χ4v) is 3.14. The van der Waals surface area contributed by atoms with Crippen molar-refractivity contribution in [3.8, 4) is 0 Å². The van der Waals surface area contributed by atoms with Crippen LogP contribution in [-0.4, -0.2) is 13.1 Å². The fourth-order valence-electron chi connectivity index (χ4n) is 2.85. The van der Waals surface area contributed by atoms with Gasteiger partial charge in [0.25, 0.3) is 0 Å². The molecular formula is C12H13Cl2N. The molecule has 2 atom stereocenters. The largest absolute Gasteiger partial charge is 0.316 e. The van der Waals surface area contributed by atoms with E-state index >= 15 is 0 Å². The van der Waals surface area contributed by atoms with Crippen LogP contribution in [0.4, 0.5) is 0 Å². The maximum Gasteiger partial charge on any atom is 0.0595 e. The Labute approximate surface area is 99.8 Å². The molecule has 0 bridgehead atoms. The second kappa shape index (κ2) is 3.38. The van der Waals surface area contributed by atoms with Crippen molar-refractivity contribution >= 4 is 23.2 Å². The Hall–Kier alpha value is -0.240. The molecule has 1 N–H and O–H groups in total. The van der Waals surface area contributed by atoms with Crippen LogP contribution in [0.25, 0.3) is 0 Å². The lowest BCUT2D eigenvalue weighted by Crippen LogP contribution is -2.31. The minimum absolute atomic E-state index is 0.416. The molecule has 0 aromatic heterocycles. The summed E-state index contributed by atoms with van der Waals surface area (Å²) < 4.78 is 0. The summed E-state index contributed by atoms with van der Waals surface area (Å²) in [4.78, 5) is 0. The summed E-state index contributed by atoms with van der Waals surface area (Å²) >= 11 is 12.0. The fraction of sp³-hybridized carbons (Fsp3) is 0.500. The van der Waals surface area contributed by atoms with Gasteiger partial charge in [0, 0.05) is 5.41 Å². The third-order valence-electron chi connectivity index (χ3n) is 3.87. The van der Waals surface area contributed by atoms with Gasteiger partial charge >= 0.3 is 0 Å². The van der Waals surface area contributed by atoms with E-state index in [1.807, 2.05) is 6.07 Å². The van der Waals surface area contributed by atoms with Crippen molar-refractivity contribution in [1.29, 1.82) is 0 Å². The summed E-state index contributed by atoms with van der Waals surface area (Å²) in [7, 11) is 0. The highest BCUT2D eigenvalue weighted by Gasteiger charge is 2.55. The third-order valence-corrected chi connectivity index (χ3v) is 4.60. The average molecular weight is 242 g/mol. The Morgan fingerprint density at radius 1 is 1.27 bits per heavy atom. The number of hydrogen-bond acceptors (Lipinski definition) is 1. The van der Waals surface area contributed by atoms with Crippen molar-refractivity contribution < 1.29 is 0 Å². The highest BCUT2D eigenvalue weighted by atomic mass is 35.5. The first-order valence-electron chi connectivity index (χ1n) is 5.39. The van der Waals surface area contributed by atoms with Gasteiger partial charge in [0.2, 0.25) is 0 Å². The third kappa shape index (κ3) is 1.49. The molecule has 0 spiro atoms. The molecule has 1 nitrogen and oxygen atoms in total. The molecule has 1 aromatic rings. The molecule has 0 radical (unpaired) electrons. The minimum atomic E-state index is 0.416. The summed E-state index contributed by atoms with van der Waals surface area (Å²) in [5.74, 6) is 0.809. The van der Waals surface area contributed by atoms with Gasteiger partial charge in [-0.15, -0.1) is 0 Å². The Morgan fingerprint density at radius 3 is 2.87 bits per heavy atom. The second-order valence-electron chi connectivity index (χ2n) is 4.64. The molecule has 1 heterocycles. The van der Waals surface area contributed by atoms with Crippen molar-refractivity contribution in [1.82, 2.24) is 5.32 Å². The number of rotatable bonds is 1. The standard InChI is InChI=1S/C12H13Cl2N/c13-10-2-1-8(5-11(10)14)12-3-4-15-7-9(12)6-12/h1-2,5,9,15H,3-4,6-7H2. The normalized spacial score (nSPS) is 33.6. The van der Waals surface area contributed by atoms with Gasteiger partial charge < -0.3 is 5.32 Å². The maximum atomic E-state index is 6.07. The van der Waals surface area contributed by atoms with Crippen LogP contribution >= 0.6 is 23.2 Å². The van der Waals surface area contributed by atoms with Gasteiger partial charge in [-0.25, -0.2) is 0 Å². The maximum absolute atomic E-state index is 6.07. The van der Waals surface area contributed by atoms with Crippen LogP contribution in [-0.2, 0) is 5.41 Å². The molecular weight excluding hydrogens is 229 g/mol. The Morgan fingerprint density at radius 2 is 2.13 bits per heavy atom. The van der Waals surface area contributed by atoms with E-state index < -0.39 is 0 Å². The quantitative estimate of drug-likeness (QED) is 0.797. The van der Waals surface area contributed by atoms with Crippen LogP contribution in [0.3, 0.4) is 0 Å². The molecule has 2 unspecified atom stereocenters. The second-order valence-corrected chi connectivity index (χ2v) is 5.45.